The Labute approximate surface area is 281 Å². The van der Waals surface area contributed by atoms with Crippen LogP contribution in [0.2, 0.25) is 0 Å². The molecule has 0 aliphatic carbocycles. The zero-order chi connectivity index (χ0) is 36.4. The third-order valence-corrected chi connectivity index (χ3v) is 6.92. The summed E-state index contributed by atoms with van der Waals surface area (Å²) in [6, 6.07) is 6.20. The minimum atomic E-state index is -1.82. The van der Waals surface area contributed by atoms with Crippen LogP contribution in [0.15, 0.2) is 24.3 Å². The maximum atomic E-state index is 12.4. The van der Waals surface area contributed by atoms with Gasteiger partial charge in [-0.15, -0.1) is 0 Å². The summed E-state index contributed by atoms with van der Waals surface area (Å²) in [5, 5.41) is 11.3. The van der Waals surface area contributed by atoms with Crippen molar-refractivity contribution in [1.29, 1.82) is 0 Å². The molecule has 0 amide bonds. The number of rotatable bonds is 13. The molecule has 1 N–H and O–H groups in total. The van der Waals surface area contributed by atoms with Gasteiger partial charge in [0, 0.05) is 41.5 Å². The van der Waals surface area contributed by atoms with Crippen molar-refractivity contribution in [2.75, 3.05) is 20.3 Å². The van der Waals surface area contributed by atoms with E-state index < -0.39 is 110 Å². The summed E-state index contributed by atoms with van der Waals surface area (Å²) in [4.78, 5) is 72.4. The van der Waals surface area contributed by atoms with Crippen LogP contribution in [0.4, 0.5) is 0 Å². The standard InChI is InChI=1S/C31H40O18/c1-14(32)40-12-22-25(42-16(3)34)24(38)27(44-18(5)36)30(47-22)49-28-26(43-17(4)35)23(13-41-15(2)33)48-31(29(28)45-19(6)37)46-21-10-8-20(39-7)9-11-21/h8-11,22-31,38H,12-13H2,1-7H3/t22-,23-,24+,25-,26-,27-,28+,29-,30+,31-/m1/s1. The zero-order valence-electron chi connectivity index (χ0n) is 27.9. The average molecular weight is 701 g/mol. The third-order valence-electron chi connectivity index (χ3n) is 6.92. The Morgan fingerprint density at radius 3 is 1.49 bits per heavy atom. The van der Waals surface area contributed by atoms with Crippen LogP contribution in [0.25, 0.3) is 0 Å². The van der Waals surface area contributed by atoms with Crippen molar-refractivity contribution in [3.05, 3.63) is 24.3 Å². The summed E-state index contributed by atoms with van der Waals surface area (Å²) in [7, 11) is 1.46. The van der Waals surface area contributed by atoms with E-state index in [2.05, 4.69) is 0 Å². The molecule has 0 aromatic heterocycles. The Bertz CT molecular complexity index is 1330. The lowest BCUT2D eigenvalue weighted by molar-refractivity contribution is -0.354. The SMILES string of the molecule is COc1ccc(O[C@@H]2O[C@H](COC(C)=O)[C@@H](OC(C)=O)[C@H](O[C@@H]3O[C@H](COC(C)=O)[C@@H](OC(C)=O)[C@H](O)[C@H]3OC(C)=O)[C@H]2OC(C)=O)cc1. The van der Waals surface area contributed by atoms with Crippen LogP contribution in [0.5, 0.6) is 11.5 Å². The van der Waals surface area contributed by atoms with E-state index in [1.165, 1.54) is 19.2 Å². The van der Waals surface area contributed by atoms with Gasteiger partial charge < -0.3 is 57.2 Å². The molecule has 2 saturated heterocycles. The number of hydrogen-bond acceptors (Lipinski definition) is 18. The first kappa shape index (κ1) is 38.9. The fourth-order valence-electron chi connectivity index (χ4n) is 5.05. The molecular weight excluding hydrogens is 660 g/mol. The first-order chi connectivity index (χ1) is 23.1. The van der Waals surface area contributed by atoms with Gasteiger partial charge in [-0.2, -0.15) is 0 Å². The molecule has 0 unspecified atom stereocenters. The minimum Gasteiger partial charge on any atom is -0.497 e. The molecule has 1 aromatic carbocycles. The van der Waals surface area contributed by atoms with Gasteiger partial charge in [0.15, 0.2) is 30.7 Å². The molecule has 0 radical (unpaired) electrons. The Morgan fingerprint density at radius 2 is 1.00 bits per heavy atom. The van der Waals surface area contributed by atoms with Gasteiger partial charge in [-0.3, -0.25) is 28.8 Å². The summed E-state index contributed by atoms with van der Waals surface area (Å²) in [6.45, 7) is 5.42. The monoisotopic (exact) mass is 700 g/mol. The normalized spacial score (nSPS) is 29.4. The maximum absolute atomic E-state index is 12.4. The predicted octanol–water partition coefficient (Wildman–Crippen LogP) is 0.123. The molecule has 0 saturated carbocycles. The van der Waals surface area contributed by atoms with E-state index >= 15 is 0 Å². The number of ether oxygens (including phenoxy) is 11. The van der Waals surface area contributed by atoms with E-state index in [0.29, 0.717) is 5.75 Å². The van der Waals surface area contributed by atoms with Crippen molar-refractivity contribution in [2.45, 2.75) is 103 Å². The van der Waals surface area contributed by atoms with Crippen LogP contribution >= 0.6 is 0 Å². The molecule has 2 heterocycles. The molecule has 0 spiro atoms. The molecule has 18 heteroatoms. The van der Waals surface area contributed by atoms with Crippen LogP contribution in [0, 0.1) is 0 Å². The highest BCUT2D eigenvalue weighted by Gasteiger charge is 2.57. The van der Waals surface area contributed by atoms with Gasteiger partial charge in [0.05, 0.1) is 7.11 Å². The molecule has 1 aromatic rings. The van der Waals surface area contributed by atoms with Crippen molar-refractivity contribution in [2.24, 2.45) is 0 Å². The Hall–Kier alpha value is -4.52. The molecule has 18 nitrogen and oxygen atoms in total. The largest absolute Gasteiger partial charge is 0.497 e. The number of esters is 6. The zero-order valence-corrected chi connectivity index (χ0v) is 27.9. The molecule has 2 fully saturated rings. The van der Waals surface area contributed by atoms with E-state index in [-0.39, 0.29) is 5.75 Å². The summed E-state index contributed by atoms with van der Waals surface area (Å²) < 4.78 is 61.4. The van der Waals surface area contributed by atoms with Crippen molar-refractivity contribution >= 4 is 35.8 Å². The van der Waals surface area contributed by atoms with Crippen LogP contribution in [-0.4, -0.2) is 123 Å². The number of carbonyl (C=O) groups is 6. The van der Waals surface area contributed by atoms with Gasteiger partial charge in [0.25, 0.3) is 0 Å². The Kier molecular flexibility index (Phi) is 14.1. The first-order valence-corrected chi connectivity index (χ1v) is 15.0. The van der Waals surface area contributed by atoms with E-state index in [9.17, 15) is 33.9 Å². The molecule has 49 heavy (non-hydrogen) atoms. The number of aliphatic hydroxyl groups excluding tert-OH is 1. The van der Waals surface area contributed by atoms with E-state index in [4.69, 9.17) is 52.1 Å². The average Bonchev–Trinajstić information content (AvgIpc) is 3.00. The van der Waals surface area contributed by atoms with Crippen molar-refractivity contribution in [3.8, 4) is 11.5 Å². The van der Waals surface area contributed by atoms with Gasteiger partial charge in [-0.1, -0.05) is 0 Å². The summed E-state index contributed by atoms with van der Waals surface area (Å²) in [6.07, 6.45) is -15.8. The Balaban J connectivity index is 2.13. The second kappa shape index (κ2) is 17.8. The fraction of sp³-hybridized carbons (Fsp3) is 0.613. The summed E-state index contributed by atoms with van der Waals surface area (Å²) in [5.74, 6) is -4.21. The summed E-state index contributed by atoms with van der Waals surface area (Å²) >= 11 is 0. The molecule has 3 rings (SSSR count). The molecule has 10 atom stereocenters. The molecular formula is C31H40O18. The van der Waals surface area contributed by atoms with Gasteiger partial charge in [0.1, 0.15) is 49.1 Å². The Morgan fingerprint density at radius 1 is 0.571 bits per heavy atom. The number of carbonyl (C=O) groups excluding carboxylic acids is 6. The van der Waals surface area contributed by atoms with Crippen LogP contribution in [0.3, 0.4) is 0 Å². The van der Waals surface area contributed by atoms with Gasteiger partial charge in [0.2, 0.25) is 6.29 Å². The lowest BCUT2D eigenvalue weighted by Crippen LogP contribution is -2.67. The quantitative estimate of drug-likeness (QED) is 0.213. The number of aliphatic hydroxyl groups is 1. The number of hydrogen-bond donors (Lipinski definition) is 1. The smallest absolute Gasteiger partial charge is 0.303 e. The second-order valence-corrected chi connectivity index (χ2v) is 10.9. The highest BCUT2D eigenvalue weighted by molar-refractivity contribution is 5.68. The van der Waals surface area contributed by atoms with Crippen LogP contribution in [0.1, 0.15) is 41.5 Å². The molecule has 2 aliphatic heterocycles. The number of methoxy groups -OCH3 is 1. The molecule has 272 valence electrons. The van der Waals surface area contributed by atoms with Crippen LogP contribution < -0.4 is 9.47 Å². The second-order valence-electron chi connectivity index (χ2n) is 10.9. The maximum Gasteiger partial charge on any atom is 0.303 e. The molecule has 0 bridgehead atoms. The van der Waals surface area contributed by atoms with Gasteiger partial charge in [-0.05, 0) is 24.3 Å². The van der Waals surface area contributed by atoms with E-state index in [0.717, 1.165) is 41.5 Å². The minimum absolute atomic E-state index is 0.201. The molecule has 2 aliphatic rings. The van der Waals surface area contributed by atoms with Gasteiger partial charge in [-0.25, -0.2) is 0 Å². The highest BCUT2D eigenvalue weighted by Crippen LogP contribution is 2.35. The summed E-state index contributed by atoms with van der Waals surface area (Å²) in [5.41, 5.74) is 0. The topological polar surface area (TPSA) is 224 Å². The predicted molar refractivity (Wildman–Crippen MR) is 157 cm³/mol. The van der Waals surface area contributed by atoms with Crippen molar-refractivity contribution < 1.29 is 86.0 Å². The van der Waals surface area contributed by atoms with Crippen LogP contribution in [-0.2, 0) is 71.4 Å². The lowest BCUT2D eigenvalue weighted by Gasteiger charge is -2.48. The van der Waals surface area contributed by atoms with E-state index in [1.807, 2.05) is 0 Å². The van der Waals surface area contributed by atoms with Crippen molar-refractivity contribution in [1.82, 2.24) is 0 Å². The van der Waals surface area contributed by atoms with Gasteiger partial charge >= 0.3 is 35.8 Å². The number of benzene rings is 1. The third kappa shape index (κ3) is 11.3. The van der Waals surface area contributed by atoms with Crippen molar-refractivity contribution in [3.63, 3.8) is 0 Å². The lowest BCUT2D eigenvalue weighted by atomic mass is 9.96. The highest BCUT2D eigenvalue weighted by atomic mass is 16.8. The first-order valence-electron chi connectivity index (χ1n) is 15.0. The fourth-order valence-corrected chi connectivity index (χ4v) is 5.05. The van der Waals surface area contributed by atoms with E-state index in [1.54, 1.807) is 12.1 Å².